The third kappa shape index (κ3) is 6.06. The fraction of sp³-hybridized carbons (Fsp3) is 0.385. The summed E-state index contributed by atoms with van der Waals surface area (Å²) >= 11 is 0. The summed E-state index contributed by atoms with van der Waals surface area (Å²) in [5.74, 6) is -0.401. The summed E-state index contributed by atoms with van der Waals surface area (Å²) in [4.78, 5) is 16.0. The predicted octanol–water partition coefficient (Wildman–Crippen LogP) is 5.78. The van der Waals surface area contributed by atoms with Crippen molar-refractivity contribution in [1.29, 1.82) is 0 Å². The van der Waals surface area contributed by atoms with Gasteiger partial charge in [-0.05, 0) is 67.5 Å². The van der Waals surface area contributed by atoms with E-state index in [0.29, 0.717) is 48.5 Å². The first-order valence-corrected chi connectivity index (χ1v) is 11.2. The molecule has 0 aliphatic heterocycles. The molecule has 6 nitrogen and oxygen atoms in total. The average molecular weight is 454 g/mol. The van der Waals surface area contributed by atoms with E-state index in [9.17, 15) is 14.3 Å². The topological polar surface area (TPSA) is 81.8 Å². The number of carbonyl (C=O) groups is 1. The number of halogens is 1. The molecule has 3 aromatic rings. The van der Waals surface area contributed by atoms with Crippen molar-refractivity contribution >= 4 is 5.97 Å². The highest BCUT2D eigenvalue weighted by molar-refractivity contribution is 5.91. The van der Waals surface area contributed by atoms with Crippen LogP contribution in [0.25, 0.3) is 11.5 Å². The van der Waals surface area contributed by atoms with E-state index in [2.05, 4.69) is 4.98 Å². The maximum Gasteiger partial charge on any atom is 0.336 e. The Labute approximate surface area is 192 Å². The van der Waals surface area contributed by atoms with E-state index in [-0.39, 0.29) is 11.9 Å². The van der Waals surface area contributed by atoms with Gasteiger partial charge >= 0.3 is 5.97 Å². The van der Waals surface area contributed by atoms with Gasteiger partial charge in [0.2, 0.25) is 5.89 Å². The van der Waals surface area contributed by atoms with Crippen molar-refractivity contribution in [1.82, 2.24) is 4.98 Å². The number of hydrogen-bond acceptors (Lipinski definition) is 5. The van der Waals surface area contributed by atoms with Crippen LogP contribution in [0.3, 0.4) is 0 Å². The zero-order valence-corrected chi connectivity index (χ0v) is 18.6. The zero-order valence-electron chi connectivity index (χ0n) is 18.6. The van der Waals surface area contributed by atoms with Crippen molar-refractivity contribution in [3.8, 4) is 11.5 Å². The highest BCUT2D eigenvalue weighted by Crippen LogP contribution is 2.28. The second-order valence-electron chi connectivity index (χ2n) is 8.55. The van der Waals surface area contributed by atoms with E-state index in [1.54, 1.807) is 31.4 Å². The molecule has 2 aromatic carbocycles. The number of carboxylic acids is 1. The normalized spacial score (nSPS) is 18.4. The van der Waals surface area contributed by atoms with Crippen LogP contribution in [0.4, 0.5) is 4.39 Å². The molecule has 0 radical (unpaired) electrons. The van der Waals surface area contributed by atoms with Crippen molar-refractivity contribution in [2.45, 2.75) is 51.9 Å². The van der Waals surface area contributed by atoms with Crippen molar-refractivity contribution in [3.05, 3.63) is 76.9 Å². The maximum absolute atomic E-state index is 13.1. The van der Waals surface area contributed by atoms with E-state index in [0.717, 1.165) is 36.8 Å². The molecule has 0 unspecified atom stereocenters. The van der Waals surface area contributed by atoms with Crippen molar-refractivity contribution in [2.24, 2.45) is 5.92 Å². The lowest BCUT2D eigenvalue weighted by Crippen LogP contribution is -2.26. The molecule has 174 valence electrons. The lowest BCUT2D eigenvalue weighted by molar-refractivity contribution is -0.0182. The quantitative estimate of drug-likeness (QED) is 0.442. The number of benzene rings is 2. The summed E-state index contributed by atoms with van der Waals surface area (Å²) in [6.07, 6.45) is 5.63. The Balaban J connectivity index is 1.24. The largest absolute Gasteiger partial charge is 0.478 e. The summed E-state index contributed by atoms with van der Waals surface area (Å²) in [7, 11) is 0. The van der Waals surface area contributed by atoms with Gasteiger partial charge in [0.1, 0.15) is 17.8 Å². The minimum atomic E-state index is -0.919. The molecule has 1 aliphatic rings. The molecule has 1 heterocycles. The smallest absolute Gasteiger partial charge is 0.336 e. The van der Waals surface area contributed by atoms with Gasteiger partial charge in [0.15, 0.2) is 0 Å². The molecule has 2 atom stereocenters. The van der Waals surface area contributed by atoms with Gasteiger partial charge in [-0.2, -0.15) is 0 Å². The van der Waals surface area contributed by atoms with Crippen LogP contribution in [0.1, 0.15) is 52.9 Å². The molecule has 1 saturated carbocycles. The highest BCUT2D eigenvalue weighted by atomic mass is 19.1. The average Bonchev–Trinajstić information content (AvgIpc) is 3.27. The molecule has 1 fully saturated rings. The lowest BCUT2D eigenvalue weighted by atomic mass is 9.87. The molecule has 0 amide bonds. The molecule has 7 heteroatoms. The Morgan fingerprint density at radius 3 is 2.79 bits per heavy atom. The minimum absolute atomic E-state index is 0.0895. The van der Waals surface area contributed by atoms with Crippen molar-refractivity contribution < 1.29 is 28.2 Å². The molecular formula is C26H28FNO5. The number of rotatable bonds is 9. The molecule has 1 N–H and O–H groups in total. The van der Waals surface area contributed by atoms with Crippen LogP contribution in [0, 0.1) is 18.7 Å². The van der Waals surface area contributed by atoms with Crippen LogP contribution >= 0.6 is 0 Å². The number of aromatic nitrogens is 1. The number of aryl methyl sites for hydroxylation is 1. The second-order valence-corrected chi connectivity index (χ2v) is 8.55. The van der Waals surface area contributed by atoms with Crippen LogP contribution < -0.4 is 0 Å². The van der Waals surface area contributed by atoms with Crippen molar-refractivity contribution in [3.63, 3.8) is 0 Å². The fourth-order valence-electron chi connectivity index (χ4n) is 4.34. The number of ether oxygens (including phenoxy) is 2. The first kappa shape index (κ1) is 23.1. The number of nitrogens with zero attached hydrogens (tertiary/aromatic N) is 1. The molecule has 0 saturated heterocycles. The summed E-state index contributed by atoms with van der Waals surface area (Å²) in [6.45, 7) is 3.05. The van der Waals surface area contributed by atoms with Gasteiger partial charge in [-0.25, -0.2) is 14.2 Å². The first-order valence-electron chi connectivity index (χ1n) is 11.2. The number of aromatic carboxylic acids is 1. The standard InChI is InChI=1S/C26H28FNO5/c1-17-4-2-6-20(24(17)26(29)30)14-32-23-7-3-5-18(12-23)13-31-15-22-16-33-25(28-22)19-8-10-21(27)11-9-19/h2,4,6,8-11,16,18,23H,3,5,7,12-15H2,1H3,(H,29,30)/t18-,23+/m1/s1. The minimum Gasteiger partial charge on any atom is -0.478 e. The molecule has 1 aromatic heterocycles. The Morgan fingerprint density at radius 1 is 1.18 bits per heavy atom. The SMILES string of the molecule is Cc1cccc(CO[C@H]2CCC[C@@H](COCc3coc(-c4ccc(F)cc4)n3)C2)c1C(=O)O. The highest BCUT2D eigenvalue weighted by Gasteiger charge is 2.24. The van der Waals surface area contributed by atoms with E-state index in [1.165, 1.54) is 12.1 Å². The Morgan fingerprint density at radius 2 is 2.00 bits per heavy atom. The number of hydrogen-bond donors (Lipinski definition) is 1. The number of oxazole rings is 1. The van der Waals surface area contributed by atoms with E-state index >= 15 is 0 Å². The van der Waals surface area contributed by atoms with Crippen LogP contribution in [0.15, 0.2) is 53.1 Å². The summed E-state index contributed by atoms with van der Waals surface area (Å²) in [5, 5.41) is 9.49. The Hall–Kier alpha value is -3.03. The molecule has 33 heavy (non-hydrogen) atoms. The Kier molecular flexibility index (Phi) is 7.52. The van der Waals surface area contributed by atoms with E-state index in [1.807, 2.05) is 12.1 Å². The molecular weight excluding hydrogens is 425 g/mol. The van der Waals surface area contributed by atoms with Crippen LogP contribution in [0.5, 0.6) is 0 Å². The van der Waals surface area contributed by atoms with Crippen molar-refractivity contribution in [2.75, 3.05) is 6.61 Å². The first-order chi connectivity index (χ1) is 16.0. The monoisotopic (exact) mass is 453 g/mol. The number of carboxylic acid groups (broad SMARTS) is 1. The third-order valence-corrected chi connectivity index (χ3v) is 6.03. The van der Waals surface area contributed by atoms with Gasteiger partial charge in [0.25, 0.3) is 0 Å². The van der Waals surface area contributed by atoms with Gasteiger partial charge in [0.05, 0.1) is 31.5 Å². The third-order valence-electron chi connectivity index (χ3n) is 6.03. The Bertz CT molecular complexity index is 1080. The zero-order chi connectivity index (χ0) is 23.2. The fourth-order valence-corrected chi connectivity index (χ4v) is 4.34. The second kappa shape index (κ2) is 10.7. The van der Waals surface area contributed by atoms with Gasteiger partial charge in [-0.3, -0.25) is 0 Å². The van der Waals surface area contributed by atoms with Gasteiger partial charge < -0.3 is 19.0 Å². The van der Waals surface area contributed by atoms with Crippen LogP contribution in [0.2, 0.25) is 0 Å². The van der Waals surface area contributed by atoms with Crippen LogP contribution in [-0.2, 0) is 22.7 Å². The molecule has 0 bridgehead atoms. The summed E-state index contributed by atoms with van der Waals surface area (Å²) < 4.78 is 30.5. The predicted molar refractivity (Wildman–Crippen MR) is 120 cm³/mol. The van der Waals surface area contributed by atoms with Crippen LogP contribution in [-0.4, -0.2) is 28.8 Å². The molecule has 4 rings (SSSR count). The van der Waals surface area contributed by atoms with E-state index < -0.39 is 5.97 Å². The molecule has 1 aliphatic carbocycles. The van der Waals surface area contributed by atoms with E-state index in [4.69, 9.17) is 13.9 Å². The summed E-state index contributed by atoms with van der Waals surface area (Å²) in [6, 6.07) is 11.5. The lowest BCUT2D eigenvalue weighted by Gasteiger charge is -2.29. The molecule has 0 spiro atoms. The summed E-state index contributed by atoms with van der Waals surface area (Å²) in [5.41, 5.74) is 3.20. The van der Waals surface area contributed by atoms with Gasteiger partial charge in [-0.15, -0.1) is 0 Å². The maximum atomic E-state index is 13.1. The van der Waals surface area contributed by atoms with Gasteiger partial charge in [0, 0.05) is 5.56 Å². The van der Waals surface area contributed by atoms with Gasteiger partial charge in [-0.1, -0.05) is 24.6 Å².